The van der Waals surface area contributed by atoms with Gasteiger partial charge in [-0.1, -0.05) is 40.9 Å². The lowest BCUT2D eigenvalue weighted by molar-refractivity contribution is 1.01. The zero-order valence-electron chi connectivity index (χ0n) is 6.48. The van der Waals surface area contributed by atoms with E-state index in [9.17, 15) is 0 Å². The maximum atomic E-state index is 5.54. The van der Waals surface area contributed by atoms with E-state index in [-0.39, 0.29) is 12.4 Å². The highest BCUT2D eigenvalue weighted by Crippen LogP contribution is 2.26. The first-order valence-electron chi connectivity index (χ1n) is 2.91. The molecule has 0 aliphatic carbocycles. The number of nitrogens with zero attached hydrogens (tertiary/aromatic N) is 1. The first kappa shape index (κ1) is 14.9. The van der Waals surface area contributed by atoms with Gasteiger partial charge in [0, 0.05) is 13.6 Å². The fraction of sp³-hybridized carbons (Fsp3) is 0.500. The molecule has 0 saturated carbocycles. The molecule has 6 heteroatoms. The zero-order valence-corrected chi connectivity index (χ0v) is 9.57. The average molecular weight is 252 g/mol. The minimum atomic E-state index is -1.47. The van der Waals surface area contributed by atoms with Gasteiger partial charge in [0.05, 0.1) is 0 Å². The Bertz CT molecular complexity index is 161. The molecule has 0 unspecified atom stereocenters. The Labute approximate surface area is 93.4 Å². The number of hydrogen-bond donors (Lipinski definition) is 1. The Morgan fingerprint density at radius 3 is 2.33 bits per heavy atom. The molecule has 2 nitrogen and oxygen atoms in total. The smallest absolute Gasteiger partial charge is 0.247 e. The molecule has 0 saturated heterocycles. The van der Waals surface area contributed by atoms with Crippen molar-refractivity contribution in [2.24, 2.45) is 4.99 Å². The molecule has 0 aliphatic heterocycles. The van der Waals surface area contributed by atoms with Crippen LogP contribution in [0.5, 0.6) is 0 Å². The summed E-state index contributed by atoms with van der Waals surface area (Å²) in [6.45, 7) is 4.03. The third kappa shape index (κ3) is 5.95. The molecule has 0 atom stereocenters. The van der Waals surface area contributed by atoms with Gasteiger partial charge in [-0.15, -0.1) is 19.0 Å². The van der Waals surface area contributed by atoms with Gasteiger partial charge in [-0.25, -0.2) is 0 Å². The minimum absolute atomic E-state index is 0. The summed E-state index contributed by atoms with van der Waals surface area (Å²) in [4.78, 5) is 3.76. The third-order valence-electron chi connectivity index (χ3n) is 0.906. The molecule has 72 valence electrons. The highest BCUT2D eigenvalue weighted by molar-refractivity contribution is 6.76. The fourth-order valence-electron chi connectivity index (χ4n) is 0.475. The standard InChI is InChI=1S/C6H9Cl3N2.ClH/c1-3-4-11-5(10-2)6(7,8)9;/h3H,1,4H2,2H3,(H,10,11);1H. The Kier molecular flexibility index (Phi) is 8.48. The van der Waals surface area contributed by atoms with Crippen molar-refractivity contribution in [2.75, 3.05) is 13.6 Å². The molecule has 0 aromatic carbocycles. The predicted octanol–water partition coefficient (Wildman–Crippen LogP) is 2.58. The van der Waals surface area contributed by atoms with E-state index in [2.05, 4.69) is 16.9 Å². The van der Waals surface area contributed by atoms with Crippen molar-refractivity contribution < 1.29 is 0 Å². The Morgan fingerprint density at radius 2 is 2.08 bits per heavy atom. The maximum absolute atomic E-state index is 5.54. The lowest BCUT2D eigenvalue weighted by Crippen LogP contribution is -2.34. The van der Waals surface area contributed by atoms with Crippen molar-refractivity contribution in [2.45, 2.75) is 3.79 Å². The van der Waals surface area contributed by atoms with Crippen molar-refractivity contribution >= 4 is 53.0 Å². The second-order valence-electron chi connectivity index (χ2n) is 1.74. The van der Waals surface area contributed by atoms with E-state index in [0.29, 0.717) is 12.4 Å². The van der Waals surface area contributed by atoms with Crippen LogP contribution in [0.4, 0.5) is 0 Å². The van der Waals surface area contributed by atoms with Gasteiger partial charge in [-0.3, -0.25) is 4.99 Å². The number of alkyl halides is 3. The van der Waals surface area contributed by atoms with Crippen molar-refractivity contribution in [3.63, 3.8) is 0 Å². The number of halogens is 4. The van der Waals surface area contributed by atoms with E-state index in [4.69, 9.17) is 34.8 Å². The van der Waals surface area contributed by atoms with E-state index in [1.165, 1.54) is 0 Å². The van der Waals surface area contributed by atoms with Crippen LogP contribution in [0.3, 0.4) is 0 Å². The topological polar surface area (TPSA) is 24.4 Å². The average Bonchev–Trinajstić information content (AvgIpc) is 1.87. The molecular weight excluding hydrogens is 242 g/mol. The number of nitrogens with one attached hydrogen (secondary N) is 1. The van der Waals surface area contributed by atoms with E-state index in [1.54, 1.807) is 13.1 Å². The van der Waals surface area contributed by atoms with Crippen LogP contribution in [-0.2, 0) is 0 Å². The highest BCUT2D eigenvalue weighted by atomic mass is 35.6. The number of aliphatic imine (C=N–C) groups is 1. The molecule has 0 spiro atoms. The maximum Gasteiger partial charge on any atom is 0.247 e. The van der Waals surface area contributed by atoms with Crippen molar-refractivity contribution in [1.29, 1.82) is 0 Å². The van der Waals surface area contributed by atoms with Gasteiger partial charge in [-0.05, 0) is 0 Å². The molecular formula is C6H10Cl4N2. The second kappa shape index (κ2) is 6.84. The Balaban J connectivity index is 0. The third-order valence-corrected chi connectivity index (χ3v) is 1.44. The molecule has 0 amide bonds. The molecule has 0 aliphatic rings. The largest absolute Gasteiger partial charge is 0.367 e. The predicted molar refractivity (Wildman–Crippen MR) is 59.1 cm³/mol. The van der Waals surface area contributed by atoms with Crippen LogP contribution in [-0.4, -0.2) is 23.2 Å². The van der Waals surface area contributed by atoms with E-state index in [0.717, 1.165) is 0 Å². The van der Waals surface area contributed by atoms with Crippen molar-refractivity contribution in [3.8, 4) is 0 Å². The first-order chi connectivity index (χ1) is 5.02. The number of hydrogen-bond acceptors (Lipinski definition) is 1. The summed E-state index contributed by atoms with van der Waals surface area (Å²) < 4.78 is -1.47. The first-order valence-corrected chi connectivity index (χ1v) is 4.04. The molecule has 0 aromatic rings. The summed E-state index contributed by atoms with van der Waals surface area (Å²) >= 11 is 16.6. The highest BCUT2D eigenvalue weighted by Gasteiger charge is 2.26. The normalized spacial score (nSPS) is 11.8. The summed E-state index contributed by atoms with van der Waals surface area (Å²) in [7, 11) is 1.55. The van der Waals surface area contributed by atoms with Crippen LogP contribution in [0.2, 0.25) is 0 Å². The molecule has 0 aromatic heterocycles. The molecule has 1 N–H and O–H groups in total. The van der Waals surface area contributed by atoms with Crippen LogP contribution in [0.1, 0.15) is 0 Å². The van der Waals surface area contributed by atoms with Crippen molar-refractivity contribution in [1.82, 2.24) is 5.32 Å². The minimum Gasteiger partial charge on any atom is -0.367 e. The van der Waals surface area contributed by atoms with Gasteiger partial charge < -0.3 is 5.32 Å². The second-order valence-corrected chi connectivity index (χ2v) is 4.02. The molecule has 12 heavy (non-hydrogen) atoms. The fourth-order valence-corrected chi connectivity index (χ4v) is 0.929. The summed E-state index contributed by atoms with van der Waals surface area (Å²) in [6.07, 6.45) is 1.65. The summed E-state index contributed by atoms with van der Waals surface area (Å²) in [5.41, 5.74) is 0. The molecule has 0 rings (SSSR count). The number of amidine groups is 1. The van der Waals surface area contributed by atoms with Gasteiger partial charge in [0.2, 0.25) is 3.79 Å². The van der Waals surface area contributed by atoms with Crippen LogP contribution in [0.15, 0.2) is 17.6 Å². The molecule has 0 heterocycles. The van der Waals surface area contributed by atoms with Crippen LogP contribution >= 0.6 is 47.2 Å². The van der Waals surface area contributed by atoms with Gasteiger partial charge in [-0.2, -0.15) is 0 Å². The summed E-state index contributed by atoms with van der Waals surface area (Å²) in [5.74, 6) is 0.322. The van der Waals surface area contributed by atoms with Crippen LogP contribution in [0, 0.1) is 0 Å². The Hall–Kier alpha value is 0.370. The van der Waals surface area contributed by atoms with E-state index in [1.807, 2.05) is 0 Å². The van der Waals surface area contributed by atoms with Gasteiger partial charge in [0.25, 0.3) is 0 Å². The summed E-state index contributed by atoms with van der Waals surface area (Å²) in [5, 5.41) is 2.80. The molecule has 0 fully saturated rings. The monoisotopic (exact) mass is 250 g/mol. The van der Waals surface area contributed by atoms with Gasteiger partial charge >= 0.3 is 0 Å². The quantitative estimate of drug-likeness (QED) is 0.347. The molecule has 0 bridgehead atoms. The Morgan fingerprint density at radius 1 is 1.58 bits per heavy atom. The van der Waals surface area contributed by atoms with Gasteiger partial charge in [0.15, 0.2) is 0 Å². The van der Waals surface area contributed by atoms with E-state index < -0.39 is 3.79 Å². The molecule has 0 radical (unpaired) electrons. The zero-order chi connectivity index (χ0) is 8.91. The van der Waals surface area contributed by atoms with Gasteiger partial charge in [0.1, 0.15) is 5.84 Å². The van der Waals surface area contributed by atoms with Crippen molar-refractivity contribution in [3.05, 3.63) is 12.7 Å². The number of rotatable bonds is 2. The lowest BCUT2D eigenvalue weighted by Gasteiger charge is -2.14. The van der Waals surface area contributed by atoms with E-state index >= 15 is 0 Å². The van der Waals surface area contributed by atoms with Crippen LogP contribution < -0.4 is 5.32 Å². The summed E-state index contributed by atoms with van der Waals surface area (Å²) in [6, 6.07) is 0. The van der Waals surface area contributed by atoms with Crippen LogP contribution in [0.25, 0.3) is 0 Å². The SMILES string of the molecule is C=CCNC(=NC)C(Cl)(Cl)Cl.Cl. The lowest BCUT2D eigenvalue weighted by atomic mass is 10.5.